The molecule has 1 nitrogen and oxygen atoms in total. The molecule has 1 rings (SSSR count). The average molecular weight is 312 g/mol. The van der Waals surface area contributed by atoms with E-state index in [1.165, 1.54) is 28.4 Å². The molecule has 0 aromatic heterocycles. The lowest BCUT2D eigenvalue weighted by Crippen LogP contribution is -2.22. The number of nitrogens with one attached hydrogen (secondary N) is 1. The van der Waals surface area contributed by atoms with Gasteiger partial charge >= 0.3 is 0 Å². The van der Waals surface area contributed by atoms with E-state index >= 15 is 0 Å². The van der Waals surface area contributed by atoms with Gasteiger partial charge in [-0.05, 0) is 48.9 Å². The Balaban J connectivity index is 2.80. The second-order valence-electron chi connectivity index (χ2n) is 6.22. The maximum absolute atomic E-state index is 3.60. The summed E-state index contributed by atoms with van der Waals surface area (Å²) in [6.45, 7) is 12.3. The van der Waals surface area contributed by atoms with Crippen molar-refractivity contribution in [3.63, 3.8) is 0 Å². The number of rotatable bonds is 5. The molecular weight excluding hydrogens is 286 g/mol. The van der Waals surface area contributed by atoms with Crippen molar-refractivity contribution in [3.8, 4) is 0 Å². The van der Waals surface area contributed by atoms with Crippen LogP contribution in [0.5, 0.6) is 0 Å². The SMILES string of the molecule is CCNC(CCC(C)(C)C)c1ccc(Br)c(C)c1. The summed E-state index contributed by atoms with van der Waals surface area (Å²) in [5.41, 5.74) is 3.12. The number of halogens is 1. The molecule has 0 saturated carbocycles. The van der Waals surface area contributed by atoms with Crippen LogP contribution >= 0.6 is 15.9 Å². The van der Waals surface area contributed by atoms with Crippen LogP contribution in [0.15, 0.2) is 22.7 Å². The van der Waals surface area contributed by atoms with E-state index < -0.39 is 0 Å². The highest BCUT2D eigenvalue weighted by Crippen LogP contribution is 2.29. The van der Waals surface area contributed by atoms with Crippen molar-refractivity contribution in [1.29, 1.82) is 0 Å². The molecular formula is C16H26BrN. The molecule has 0 aliphatic rings. The van der Waals surface area contributed by atoms with Crippen LogP contribution in [0.1, 0.15) is 57.7 Å². The van der Waals surface area contributed by atoms with E-state index in [1.807, 2.05) is 0 Å². The molecule has 0 fully saturated rings. The van der Waals surface area contributed by atoms with Crippen molar-refractivity contribution in [1.82, 2.24) is 5.32 Å². The minimum atomic E-state index is 0.401. The number of aryl methyl sites for hydroxylation is 1. The highest BCUT2D eigenvalue weighted by Gasteiger charge is 2.16. The van der Waals surface area contributed by atoms with Crippen LogP contribution < -0.4 is 5.32 Å². The lowest BCUT2D eigenvalue weighted by molar-refractivity contribution is 0.334. The second kappa shape index (κ2) is 6.72. The quantitative estimate of drug-likeness (QED) is 0.784. The van der Waals surface area contributed by atoms with Crippen molar-refractivity contribution in [2.24, 2.45) is 5.41 Å². The Labute approximate surface area is 120 Å². The molecule has 0 heterocycles. The first-order valence-corrected chi connectivity index (χ1v) is 7.62. The summed E-state index contributed by atoms with van der Waals surface area (Å²) in [4.78, 5) is 0. The van der Waals surface area contributed by atoms with Crippen LogP contribution in [0, 0.1) is 12.3 Å². The zero-order chi connectivity index (χ0) is 13.8. The Bertz CT molecular complexity index is 379. The molecule has 0 aliphatic carbocycles. The summed E-state index contributed by atoms with van der Waals surface area (Å²) >= 11 is 3.57. The first-order chi connectivity index (χ1) is 8.33. The lowest BCUT2D eigenvalue weighted by atomic mass is 9.87. The predicted molar refractivity (Wildman–Crippen MR) is 84.0 cm³/mol. The van der Waals surface area contributed by atoms with E-state index in [0.717, 1.165) is 6.54 Å². The highest BCUT2D eigenvalue weighted by molar-refractivity contribution is 9.10. The van der Waals surface area contributed by atoms with Crippen LogP contribution in [0.25, 0.3) is 0 Å². The van der Waals surface area contributed by atoms with E-state index in [9.17, 15) is 0 Å². The van der Waals surface area contributed by atoms with Gasteiger partial charge in [0, 0.05) is 10.5 Å². The molecule has 1 unspecified atom stereocenters. The van der Waals surface area contributed by atoms with Gasteiger partial charge in [0.05, 0.1) is 0 Å². The normalized spacial score (nSPS) is 13.7. The van der Waals surface area contributed by atoms with Gasteiger partial charge in [0.2, 0.25) is 0 Å². The van der Waals surface area contributed by atoms with Crippen LogP contribution in [-0.2, 0) is 0 Å². The molecule has 0 aliphatic heterocycles. The molecule has 18 heavy (non-hydrogen) atoms. The Morgan fingerprint density at radius 2 is 1.94 bits per heavy atom. The zero-order valence-corrected chi connectivity index (χ0v) is 13.9. The molecule has 1 aromatic rings. The van der Waals surface area contributed by atoms with Gasteiger partial charge in [-0.2, -0.15) is 0 Å². The van der Waals surface area contributed by atoms with E-state index in [1.54, 1.807) is 0 Å². The first kappa shape index (κ1) is 15.7. The molecule has 1 atom stereocenters. The van der Waals surface area contributed by atoms with Gasteiger partial charge in [0.15, 0.2) is 0 Å². The third kappa shape index (κ3) is 5.11. The molecule has 1 N–H and O–H groups in total. The summed E-state index contributed by atoms with van der Waals surface area (Å²) in [5.74, 6) is 0. The average Bonchev–Trinajstić information content (AvgIpc) is 2.27. The summed E-state index contributed by atoms with van der Waals surface area (Å²) < 4.78 is 1.19. The minimum Gasteiger partial charge on any atom is -0.310 e. The van der Waals surface area contributed by atoms with Gasteiger partial charge in [0.1, 0.15) is 0 Å². The minimum absolute atomic E-state index is 0.401. The van der Waals surface area contributed by atoms with Crippen LogP contribution in [-0.4, -0.2) is 6.54 Å². The maximum atomic E-state index is 3.60. The van der Waals surface area contributed by atoms with E-state index in [0.29, 0.717) is 11.5 Å². The summed E-state index contributed by atoms with van der Waals surface area (Å²) in [6.07, 6.45) is 2.43. The number of benzene rings is 1. The molecule has 0 radical (unpaired) electrons. The topological polar surface area (TPSA) is 12.0 Å². The largest absolute Gasteiger partial charge is 0.310 e. The van der Waals surface area contributed by atoms with E-state index in [2.05, 4.69) is 74.1 Å². The summed E-state index contributed by atoms with van der Waals surface area (Å²) in [6, 6.07) is 7.15. The lowest BCUT2D eigenvalue weighted by Gasteiger charge is -2.24. The van der Waals surface area contributed by atoms with Crippen LogP contribution in [0.3, 0.4) is 0 Å². The number of hydrogen-bond acceptors (Lipinski definition) is 1. The Kier molecular flexibility index (Phi) is 5.87. The van der Waals surface area contributed by atoms with Gasteiger partial charge in [-0.1, -0.05) is 55.8 Å². The third-order valence-corrected chi connectivity index (χ3v) is 4.11. The van der Waals surface area contributed by atoms with E-state index in [4.69, 9.17) is 0 Å². The van der Waals surface area contributed by atoms with Gasteiger partial charge in [0.25, 0.3) is 0 Å². The van der Waals surface area contributed by atoms with Gasteiger partial charge in [-0.3, -0.25) is 0 Å². The Morgan fingerprint density at radius 1 is 1.28 bits per heavy atom. The van der Waals surface area contributed by atoms with Gasteiger partial charge < -0.3 is 5.32 Å². The van der Waals surface area contributed by atoms with Crippen molar-refractivity contribution < 1.29 is 0 Å². The number of hydrogen-bond donors (Lipinski definition) is 1. The smallest absolute Gasteiger partial charge is 0.0320 e. The zero-order valence-electron chi connectivity index (χ0n) is 12.3. The molecule has 0 amide bonds. The standard InChI is InChI=1S/C16H26BrN/c1-6-18-15(9-10-16(3,4)5)13-7-8-14(17)12(2)11-13/h7-8,11,15,18H,6,9-10H2,1-5H3. The fourth-order valence-corrected chi connectivity index (χ4v) is 2.34. The molecule has 1 aromatic carbocycles. The van der Waals surface area contributed by atoms with Crippen molar-refractivity contribution in [2.75, 3.05) is 6.54 Å². The van der Waals surface area contributed by atoms with E-state index in [-0.39, 0.29) is 0 Å². The predicted octanol–water partition coefficient (Wildman–Crippen LogP) is 5.23. The van der Waals surface area contributed by atoms with Crippen molar-refractivity contribution in [2.45, 2.75) is 53.5 Å². The fourth-order valence-electron chi connectivity index (χ4n) is 2.09. The molecule has 0 saturated heterocycles. The molecule has 102 valence electrons. The second-order valence-corrected chi connectivity index (χ2v) is 7.07. The van der Waals surface area contributed by atoms with Crippen LogP contribution in [0.4, 0.5) is 0 Å². The maximum Gasteiger partial charge on any atom is 0.0320 e. The molecule has 0 spiro atoms. The summed E-state index contributed by atoms with van der Waals surface area (Å²) in [7, 11) is 0. The van der Waals surface area contributed by atoms with Crippen LogP contribution in [0.2, 0.25) is 0 Å². The Hall–Kier alpha value is -0.340. The molecule has 0 bridgehead atoms. The van der Waals surface area contributed by atoms with Crippen molar-refractivity contribution in [3.05, 3.63) is 33.8 Å². The third-order valence-electron chi connectivity index (χ3n) is 3.22. The van der Waals surface area contributed by atoms with Gasteiger partial charge in [-0.25, -0.2) is 0 Å². The highest BCUT2D eigenvalue weighted by atomic mass is 79.9. The fraction of sp³-hybridized carbons (Fsp3) is 0.625. The van der Waals surface area contributed by atoms with Gasteiger partial charge in [-0.15, -0.1) is 0 Å². The Morgan fingerprint density at radius 3 is 2.44 bits per heavy atom. The molecule has 2 heteroatoms. The van der Waals surface area contributed by atoms with Crippen molar-refractivity contribution >= 4 is 15.9 Å². The summed E-state index contributed by atoms with van der Waals surface area (Å²) in [5, 5.41) is 3.60. The monoisotopic (exact) mass is 311 g/mol. The first-order valence-electron chi connectivity index (χ1n) is 6.83.